The Labute approximate surface area is 90.8 Å². The van der Waals surface area contributed by atoms with Crippen LogP contribution in [0.2, 0.25) is 0 Å². The van der Waals surface area contributed by atoms with Crippen molar-refractivity contribution in [1.82, 2.24) is 5.32 Å². The van der Waals surface area contributed by atoms with Crippen LogP contribution in [0.3, 0.4) is 0 Å². The molecule has 1 aromatic rings. The lowest BCUT2D eigenvalue weighted by Crippen LogP contribution is -2.56. The summed E-state index contributed by atoms with van der Waals surface area (Å²) in [6.45, 7) is 0. The van der Waals surface area contributed by atoms with Crippen molar-refractivity contribution in [3.8, 4) is 0 Å². The van der Waals surface area contributed by atoms with Gasteiger partial charge in [0.2, 0.25) is 0 Å². The Kier molecular flexibility index (Phi) is 3.12. The molecule has 2 rings (SSSR count). The van der Waals surface area contributed by atoms with Crippen molar-refractivity contribution in [1.29, 1.82) is 0 Å². The zero-order valence-corrected chi connectivity index (χ0v) is 9.45. The van der Waals surface area contributed by atoms with Crippen LogP contribution in [0.1, 0.15) is 24.8 Å². The molecule has 1 N–H and O–H groups in total. The minimum atomic E-state index is 0.0476. The lowest BCUT2D eigenvalue weighted by molar-refractivity contribution is -0.0966. The summed E-state index contributed by atoms with van der Waals surface area (Å²) in [7, 11) is 3.82. The minimum absolute atomic E-state index is 0.0476. The molecule has 0 aliphatic heterocycles. The molecular weight excluding hydrogens is 190 g/mol. The summed E-state index contributed by atoms with van der Waals surface area (Å²) in [4.78, 5) is 0. The van der Waals surface area contributed by atoms with Gasteiger partial charge in [-0.1, -0.05) is 0 Å². The minimum Gasteiger partial charge on any atom is -0.472 e. The average Bonchev–Trinajstić information content (AvgIpc) is 2.68. The SMILES string of the molecule is CNC(Cc1ccoc1)C1(OC)CCC1. The second kappa shape index (κ2) is 4.37. The van der Waals surface area contributed by atoms with Gasteiger partial charge >= 0.3 is 0 Å². The molecule has 3 heteroatoms. The van der Waals surface area contributed by atoms with E-state index >= 15 is 0 Å². The van der Waals surface area contributed by atoms with Gasteiger partial charge in [-0.3, -0.25) is 0 Å². The Morgan fingerprint density at radius 2 is 2.40 bits per heavy atom. The van der Waals surface area contributed by atoms with E-state index in [2.05, 4.69) is 5.32 Å². The van der Waals surface area contributed by atoms with Gasteiger partial charge in [0.1, 0.15) is 0 Å². The van der Waals surface area contributed by atoms with Gasteiger partial charge in [0.05, 0.1) is 18.1 Å². The molecule has 1 aliphatic rings. The van der Waals surface area contributed by atoms with E-state index < -0.39 is 0 Å². The van der Waals surface area contributed by atoms with Crippen molar-refractivity contribution < 1.29 is 9.15 Å². The van der Waals surface area contributed by atoms with E-state index in [4.69, 9.17) is 9.15 Å². The highest BCUT2D eigenvalue weighted by Gasteiger charge is 2.43. The van der Waals surface area contributed by atoms with Crippen molar-refractivity contribution >= 4 is 0 Å². The summed E-state index contributed by atoms with van der Waals surface area (Å²) in [5, 5.41) is 3.37. The van der Waals surface area contributed by atoms with Crippen molar-refractivity contribution in [2.45, 2.75) is 37.3 Å². The monoisotopic (exact) mass is 209 g/mol. The van der Waals surface area contributed by atoms with E-state index in [1.807, 2.05) is 26.5 Å². The first-order chi connectivity index (χ1) is 7.30. The third-order valence-corrected chi connectivity index (χ3v) is 3.61. The molecule has 1 aliphatic carbocycles. The van der Waals surface area contributed by atoms with Crippen molar-refractivity contribution in [3.63, 3.8) is 0 Å². The summed E-state index contributed by atoms with van der Waals surface area (Å²) < 4.78 is 10.8. The fraction of sp³-hybridized carbons (Fsp3) is 0.667. The van der Waals surface area contributed by atoms with Gasteiger partial charge in [0.15, 0.2) is 0 Å². The van der Waals surface area contributed by atoms with Gasteiger partial charge in [-0.2, -0.15) is 0 Å². The van der Waals surface area contributed by atoms with E-state index in [1.54, 1.807) is 6.26 Å². The molecule has 1 saturated carbocycles. The molecule has 0 saturated heterocycles. The first-order valence-electron chi connectivity index (χ1n) is 5.54. The van der Waals surface area contributed by atoms with Crippen molar-refractivity contribution in [2.24, 2.45) is 0 Å². The van der Waals surface area contributed by atoms with Crippen LogP contribution in [0.5, 0.6) is 0 Å². The molecule has 3 nitrogen and oxygen atoms in total. The molecule has 0 spiro atoms. The summed E-state index contributed by atoms with van der Waals surface area (Å²) >= 11 is 0. The number of nitrogens with one attached hydrogen (secondary N) is 1. The molecule has 15 heavy (non-hydrogen) atoms. The highest BCUT2D eigenvalue weighted by atomic mass is 16.5. The van der Waals surface area contributed by atoms with Gasteiger partial charge in [-0.15, -0.1) is 0 Å². The first kappa shape index (κ1) is 10.7. The highest BCUT2D eigenvalue weighted by Crippen LogP contribution is 2.39. The van der Waals surface area contributed by atoms with Crippen LogP contribution >= 0.6 is 0 Å². The van der Waals surface area contributed by atoms with E-state index in [0.29, 0.717) is 6.04 Å². The number of hydrogen-bond donors (Lipinski definition) is 1. The molecule has 84 valence electrons. The predicted molar refractivity (Wildman–Crippen MR) is 58.9 cm³/mol. The number of likely N-dealkylation sites (N-methyl/N-ethyl adjacent to an activating group) is 1. The molecular formula is C12H19NO2. The molecule has 1 unspecified atom stereocenters. The van der Waals surface area contributed by atoms with Gasteiger partial charge in [-0.25, -0.2) is 0 Å². The van der Waals surface area contributed by atoms with E-state index in [-0.39, 0.29) is 5.60 Å². The maximum absolute atomic E-state index is 5.68. The zero-order chi connectivity index (χ0) is 10.7. The topological polar surface area (TPSA) is 34.4 Å². The summed E-state index contributed by atoms with van der Waals surface area (Å²) in [5.74, 6) is 0. The highest BCUT2D eigenvalue weighted by molar-refractivity contribution is 5.12. The predicted octanol–water partition coefficient (Wildman–Crippen LogP) is 1.98. The fourth-order valence-electron chi connectivity index (χ4n) is 2.42. The molecule has 1 atom stereocenters. The van der Waals surface area contributed by atoms with Crippen LogP contribution in [-0.4, -0.2) is 25.8 Å². The Bertz CT molecular complexity index is 285. The van der Waals surface area contributed by atoms with E-state index in [9.17, 15) is 0 Å². The van der Waals surface area contributed by atoms with Crippen LogP contribution in [0.15, 0.2) is 23.0 Å². The first-order valence-corrected chi connectivity index (χ1v) is 5.54. The van der Waals surface area contributed by atoms with Gasteiger partial charge in [0, 0.05) is 13.2 Å². The lowest BCUT2D eigenvalue weighted by Gasteiger charge is -2.46. The van der Waals surface area contributed by atoms with Crippen LogP contribution in [-0.2, 0) is 11.2 Å². The van der Waals surface area contributed by atoms with Crippen LogP contribution in [0.4, 0.5) is 0 Å². The maximum atomic E-state index is 5.68. The van der Waals surface area contributed by atoms with E-state index in [1.165, 1.54) is 12.0 Å². The van der Waals surface area contributed by atoms with E-state index in [0.717, 1.165) is 19.3 Å². The van der Waals surface area contributed by atoms with Crippen LogP contribution in [0, 0.1) is 0 Å². The molecule has 0 bridgehead atoms. The Morgan fingerprint density at radius 1 is 1.60 bits per heavy atom. The largest absolute Gasteiger partial charge is 0.472 e. The van der Waals surface area contributed by atoms with Gasteiger partial charge < -0.3 is 14.5 Å². The third-order valence-electron chi connectivity index (χ3n) is 3.61. The molecule has 1 fully saturated rings. The number of methoxy groups -OCH3 is 1. The van der Waals surface area contributed by atoms with Crippen LogP contribution < -0.4 is 5.32 Å². The smallest absolute Gasteiger partial charge is 0.0935 e. The average molecular weight is 209 g/mol. The standard InChI is InChI=1S/C12H19NO2/c1-13-11(8-10-4-7-15-9-10)12(14-2)5-3-6-12/h4,7,9,11,13H,3,5-6,8H2,1-2H3. The Hall–Kier alpha value is -0.800. The summed E-state index contributed by atoms with van der Waals surface area (Å²) in [6.07, 6.45) is 8.10. The number of rotatable bonds is 5. The number of ether oxygens (including phenoxy) is 1. The number of hydrogen-bond acceptors (Lipinski definition) is 3. The lowest BCUT2D eigenvalue weighted by atomic mass is 9.73. The summed E-state index contributed by atoms with van der Waals surface area (Å²) in [6, 6.07) is 2.40. The molecule has 1 aromatic heterocycles. The van der Waals surface area contributed by atoms with Gasteiger partial charge in [-0.05, 0) is 44.4 Å². The molecule has 0 radical (unpaired) electrons. The number of furan rings is 1. The fourth-order valence-corrected chi connectivity index (χ4v) is 2.42. The maximum Gasteiger partial charge on any atom is 0.0935 e. The second-order valence-electron chi connectivity index (χ2n) is 4.30. The molecule has 1 heterocycles. The van der Waals surface area contributed by atoms with Gasteiger partial charge in [0.25, 0.3) is 0 Å². The molecule has 0 amide bonds. The zero-order valence-electron chi connectivity index (χ0n) is 9.45. The Balaban J connectivity index is 2.03. The normalized spacial score (nSPS) is 20.9. The second-order valence-corrected chi connectivity index (χ2v) is 4.30. The van der Waals surface area contributed by atoms with Crippen molar-refractivity contribution in [2.75, 3.05) is 14.2 Å². The third kappa shape index (κ3) is 1.94. The van der Waals surface area contributed by atoms with Crippen molar-refractivity contribution in [3.05, 3.63) is 24.2 Å². The Morgan fingerprint density at radius 3 is 2.80 bits per heavy atom. The molecule has 0 aromatic carbocycles. The van der Waals surface area contributed by atoms with Crippen LogP contribution in [0.25, 0.3) is 0 Å². The summed E-state index contributed by atoms with van der Waals surface area (Å²) in [5.41, 5.74) is 1.28. The quantitative estimate of drug-likeness (QED) is 0.805.